The van der Waals surface area contributed by atoms with Crippen LogP contribution in [0.3, 0.4) is 0 Å². The first-order valence-electron chi connectivity index (χ1n) is 8.49. The Morgan fingerprint density at radius 2 is 1.78 bits per heavy atom. The summed E-state index contributed by atoms with van der Waals surface area (Å²) in [4.78, 5) is 23.2. The van der Waals surface area contributed by atoms with Crippen molar-refractivity contribution in [1.29, 1.82) is 0 Å². The maximum absolute atomic E-state index is 12.2. The molecular formula is C18H27NO7S. The highest BCUT2D eigenvalue weighted by atomic mass is 32.2. The molecule has 0 saturated heterocycles. The standard InChI is InChI=1S/C18H27NO7S/c1-18(2,3)25-17(22)19-14(12-13-8-6-5-7-9-13)15(10-11-16(20)21)26-27(4,23)24/h5-9,14-15H,10-12H2,1-4H3,(H,19,22)(H,20,21)/t14-,15-/m0/s1. The molecule has 0 aromatic heterocycles. The Kier molecular flexibility index (Phi) is 8.23. The van der Waals surface area contributed by atoms with Gasteiger partial charge in [-0.25, -0.2) is 4.79 Å². The minimum atomic E-state index is -3.86. The van der Waals surface area contributed by atoms with E-state index >= 15 is 0 Å². The molecule has 0 fully saturated rings. The van der Waals surface area contributed by atoms with Gasteiger partial charge in [0.25, 0.3) is 10.1 Å². The number of benzene rings is 1. The van der Waals surface area contributed by atoms with Gasteiger partial charge < -0.3 is 15.2 Å². The number of rotatable bonds is 9. The lowest BCUT2D eigenvalue weighted by atomic mass is 9.98. The molecular weight excluding hydrogens is 374 g/mol. The molecule has 1 amide bonds. The molecule has 0 radical (unpaired) electrons. The van der Waals surface area contributed by atoms with Crippen molar-refractivity contribution < 1.29 is 32.0 Å². The zero-order valence-electron chi connectivity index (χ0n) is 16.0. The van der Waals surface area contributed by atoms with Crippen LogP contribution in [-0.2, 0) is 30.3 Å². The first-order valence-corrected chi connectivity index (χ1v) is 10.3. The van der Waals surface area contributed by atoms with Gasteiger partial charge in [-0.1, -0.05) is 30.3 Å². The van der Waals surface area contributed by atoms with Crippen LogP contribution in [0.15, 0.2) is 30.3 Å². The maximum atomic E-state index is 12.2. The lowest BCUT2D eigenvalue weighted by molar-refractivity contribution is -0.137. The Labute approximate surface area is 160 Å². The lowest BCUT2D eigenvalue weighted by Gasteiger charge is -2.28. The van der Waals surface area contributed by atoms with Crippen molar-refractivity contribution >= 4 is 22.2 Å². The quantitative estimate of drug-likeness (QED) is 0.610. The SMILES string of the molecule is CC(C)(C)OC(=O)N[C@@H](Cc1ccccc1)[C@H](CCC(=O)O)OS(C)(=O)=O. The van der Waals surface area contributed by atoms with Gasteiger partial charge in [-0.3, -0.25) is 8.98 Å². The van der Waals surface area contributed by atoms with Gasteiger partial charge in [0, 0.05) is 6.42 Å². The average Bonchev–Trinajstić information content (AvgIpc) is 2.48. The second-order valence-corrected chi connectivity index (χ2v) is 8.81. The highest BCUT2D eigenvalue weighted by molar-refractivity contribution is 7.86. The Hall–Kier alpha value is -2.13. The summed E-state index contributed by atoms with van der Waals surface area (Å²) in [5, 5.41) is 11.6. The number of carboxylic acids is 1. The van der Waals surface area contributed by atoms with Crippen molar-refractivity contribution in [1.82, 2.24) is 5.32 Å². The zero-order valence-corrected chi connectivity index (χ0v) is 16.8. The summed E-state index contributed by atoms with van der Waals surface area (Å²) in [5.41, 5.74) is 0.0892. The predicted molar refractivity (Wildman–Crippen MR) is 99.9 cm³/mol. The summed E-state index contributed by atoms with van der Waals surface area (Å²) in [6.07, 6.45) is -1.05. The fourth-order valence-corrected chi connectivity index (χ4v) is 3.09. The molecule has 2 atom stereocenters. The molecule has 0 unspecified atom stereocenters. The number of hydrogen-bond acceptors (Lipinski definition) is 6. The largest absolute Gasteiger partial charge is 0.481 e. The molecule has 152 valence electrons. The lowest BCUT2D eigenvalue weighted by Crippen LogP contribution is -2.48. The number of carbonyl (C=O) groups excluding carboxylic acids is 1. The molecule has 1 aromatic carbocycles. The van der Waals surface area contributed by atoms with Crippen molar-refractivity contribution in [3.8, 4) is 0 Å². The Morgan fingerprint density at radius 1 is 1.19 bits per heavy atom. The van der Waals surface area contributed by atoms with E-state index in [1.807, 2.05) is 30.3 Å². The van der Waals surface area contributed by atoms with Crippen LogP contribution in [0.25, 0.3) is 0 Å². The van der Waals surface area contributed by atoms with Gasteiger partial charge >= 0.3 is 12.1 Å². The first-order chi connectivity index (χ1) is 12.4. The van der Waals surface area contributed by atoms with Crippen molar-refractivity contribution in [2.24, 2.45) is 0 Å². The van der Waals surface area contributed by atoms with Gasteiger partial charge in [-0.15, -0.1) is 0 Å². The highest BCUT2D eigenvalue weighted by Crippen LogP contribution is 2.17. The summed E-state index contributed by atoms with van der Waals surface area (Å²) >= 11 is 0. The molecule has 0 bridgehead atoms. The van der Waals surface area contributed by atoms with E-state index in [4.69, 9.17) is 14.0 Å². The fraction of sp³-hybridized carbons (Fsp3) is 0.556. The van der Waals surface area contributed by atoms with Crippen LogP contribution >= 0.6 is 0 Å². The molecule has 1 rings (SSSR count). The van der Waals surface area contributed by atoms with Gasteiger partial charge in [-0.05, 0) is 39.2 Å². The van der Waals surface area contributed by atoms with Crippen LogP contribution < -0.4 is 5.32 Å². The van der Waals surface area contributed by atoms with Crippen LogP contribution in [0.4, 0.5) is 4.79 Å². The third-order valence-corrected chi connectivity index (χ3v) is 3.99. The molecule has 0 heterocycles. The number of carbonyl (C=O) groups is 2. The average molecular weight is 401 g/mol. The summed E-state index contributed by atoms with van der Waals surface area (Å²) in [6.45, 7) is 5.11. The van der Waals surface area contributed by atoms with Crippen LogP contribution in [0, 0.1) is 0 Å². The van der Waals surface area contributed by atoms with Crippen molar-refractivity contribution in [3.05, 3.63) is 35.9 Å². The molecule has 0 spiro atoms. The van der Waals surface area contributed by atoms with E-state index in [1.54, 1.807) is 20.8 Å². The van der Waals surface area contributed by atoms with E-state index in [9.17, 15) is 18.0 Å². The fourth-order valence-electron chi connectivity index (χ4n) is 2.41. The van der Waals surface area contributed by atoms with E-state index < -0.39 is 39.9 Å². The van der Waals surface area contributed by atoms with Gasteiger partial charge in [-0.2, -0.15) is 8.42 Å². The second-order valence-electron chi connectivity index (χ2n) is 7.21. The summed E-state index contributed by atoms with van der Waals surface area (Å²) < 4.78 is 33.6. The third kappa shape index (κ3) is 10.6. The number of ether oxygens (including phenoxy) is 1. The smallest absolute Gasteiger partial charge is 0.407 e. The highest BCUT2D eigenvalue weighted by Gasteiger charge is 2.30. The second kappa shape index (κ2) is 9.70. The number of carboxylic acid groups (broad SMARTS) is 1. The molecule has 1 aromatic rings. The van der Waals surface area contributed by atoms with Gasteiger partial charge in [0.05, 0.1) is 18.4 Å². The van der Waals surface area contributed by atoms with E-state index in [-0.39, 0.29) is 19.3 Å². The normalized spacial score (nSPS) is 14.2. The molecule has 0 aliphatic rings. The number of amides is 1. The minimum Gasteiger partial charge on any atom is -0.481 e. The van der Waals surface area contributed by atoms with Gasteiger partial charge in [0.1, 0.15) is 5.60 Å². The predicted octanol–water partition coefficient (Wildman–Crippen LogP) is 2.33. The Bertz CT molecular complexity index is 726. The van der Waals surface area contributed by atoms with Crippen LogP contribution in [0.1, 0.15) is 39.2 Å². The van der Waals surface area contributed by atoms with Crippen molar-refractivity contribution in [2.45, 2.75) is 57.8 Å². The van der Waals surface area contributed by atoms with Crippen molar-refractivity contribution in [3.63, 3.8) is 0 Å². The summed E-state index contributed by atoms with van der Waals surface area (Å²) in [5.74, 6) is -1.09. The topological polar surface area (TPSA) is 119 Å². The van der Waals surface area contributed by atoms with E-state index in [1.165, 1.54) is 0 Å². The number of alkyl carbamates (subject to hydrolysis) is 1. The number of hydrogen-bond donors (Lipinski definition) is 2. The molecule has 0 saturated carbocycles. The molecule has 27 heavy (non-hydrogen) atoms. The maximum Gasteiger partial charge on any atom is 0.407 e. The van der Waals surface area contributed by atoms with Crippen LogP contribution in [-0.4, -0.2) is 49.6 Å². The number of aliphatic carboxylic acids is 1. The van der Waals surface area contributed by atoms with Gasteiger partial charge in [0.2, 0.25) is 0 Å². The summed E-state index contributed by atoms with van der Waals surface area (Å²) in [7, 11) is -3.86. The molecule has 2 N–H and O–H groups in total. The van der Waals surface area contributed by atoms with E-state index in [0.29, 0.717) is 0 Å². The van der Waals surface area contributed by atoms with Crippen molar-refractivity contribution in [2.75, 3.05) is 6.26 Å². The minimum absolute atomic E-state index is 0.0876. The molecule has 0 aliphatic carbocycles. The molecule has 9 heteroatoms. The molecule has 0 aliphatic heterocycles. The third-order valence-electron chi connectivity index (χ3n) is 3.39. The van der Waals surface area contributed by atoms with E-state index in [0.717, 1.165) is 11.8 Å². The van der Waals surface area contributed by atoms with Crippen LogP contribution in [0.5, 0.6) is 0 Å². The van der Waals surface area contributed by atoms with Gasteiger partial charge in [0.15, 0.2) is 0 Å². The Balaban J connectivity index is 3.07. The first kappa shape index (κ1) is 22.9. The number of nitrogens with one attached hydrogen (secondary N) is 1. The molecule has 8 nitrogen and oxygen atoms in total. The summed E-state index contributed by atoms with van der Waals surface area (Å²) in [6, 6.07) is 8.29. The van der Waals surface area contributed by atoms with E-state index in [2.05, 4.69) is 5.32 Å². The van der Waals surface area contributed by atoms with Crippen LogP contribution in [0.2, 0.25) is 0 Å². The Morgan fingerprint density at radius 3 is 2.26 bits per heavy atom. The zero-order chi connectivity index (χ0) is 20.7. The monoisotopic (exact) mass is 401 g/mol.